The fourth-order valence-corrected chi connectivity index (χ4v) is 3.38. The first kappa shape index (κ1) is 18.8. The molecule has 144 valence electrons. The zero-order chi connectivity index (χ0) is 18.2. The first-order valence-corrected chi connectivity index (χ1v) is 9.29. The minimum atomic E-state index is -0.192. The smallest absolute Gasteiger partial charge is 0.223 e. The number of ether oxygens (including phenoxy) is 2. The lowest BCUT2D eigenvalue weighted by Gasteiger charge is -2.36. The minimum absolute atomic E-state index is 0.0205. The molecule has 0 saturated carbocycles. The van der Waals surface area contributed by atoms with Gasteiger partial charge in [-0.15, -0.1) is 0 Å². The maximum atomic E-state index is 12.6. The fraction of sp³-hybridized carbons (Fsp3) is 0.765. The normalized spacial score (nSPS) is 21.5. The van der Waals surface area contributed by atoms with Gasteiger partial charge in [-0.05, 0) is 19.3 Å². The van der Waals surface area contributed by atoms with Crippen molar-refractivity contribution in [2.45, 2.75) is 50.7 Å². The van der Waals surface area contributed by atoms with Crippen LogP contribution in [0.3, 0.4) is 0 Å². The van der Waals surface area contributed by atoms with E-state index in [1.165, 1.54) is 6.33 Å². The Hall–Kier alpha value is -2.00. The van der Waals surface area contributed by atoms with E-state index in [1.54, 1.807) is 15.9 Å². The zero-order valence-corrected chi connectivity index (χ0v) is 15.0. The number of carbonyl (C=O) groups is 2. The van der Waals surface area contributed by atoms with Crippen molar-refractivity contribution in [2.24, 2.45) is 0 Å². The molecule has 3 heterocycles. The molecule has 26 heavy (non-hydrogen) atoms. The van der Waals surface area contributed by atoms with Gasteiger partial charge in [0, 0.05) is 45.2 Å². The van der Waals surface area contributed by atoms with Crippen molar-refractivity contribution in [3.63, 3.8) is 0 Å². The molecular weight excluding hydrogens is 338 g/mol. The molecule has 2 aliphatic rings. The largest absolute Gasteiger partial charge is 0.381 e. The summed E-state index contributed by atoms with van der Waals surface area (Å²) in [6.45, 7) is 3.51. The highest BCUT2D eigenvalue weighted by atomic mass is 16.5. The molecule has 0 aromatic carbocycles. The van der Waals surface area contributed by atoms with Crippen molar-refractivity contribution in [3.05, 3.63) is 12.7 Å². The molecule has 2 amide bonds. The van der Waals surface area contributed by atoms with Gasteiger partial charge in [0.15, 0.2) is 0 Å². The molecule has 2 fully saturated rings. The van der Waals surface area contributed by atoms with Crippen LogP contribution in [0, 0.1) is 0 Å². The number of nitrogens with one attached hydrogen (secondary N) is 1. The fourth-order valence-electron chi connectivity index (χ4n) is 3.38. The molecule has 1 aromatic heterocycles. The van der Waals surface area contributed by atoms with Gasteiger partial charge in [0.1, 0.15) is 12.7 Å². The molecule has 2 aliphatic heterocycles. The summed E-state index contributed by atoms with van der Waals surface area (Å²) in [6.07, 6.45) is 6.22. The van der Waals surface area contributed by atoms with Gasteiger partial charge in [-0.2, -0.15) is 5.10 Å². The van der Waals surface area contributed by atoms with Crippen molar-refractivity contribution in [2.75, 3.05) is 33.0 Å². The molecule has 0 bridgehead atoms. The van der Waals surface area contributed by atoms with Crippen molar-refractivity contribution >= 4 is 11.8 Å². The lowest BCUT2D eigenvalue weighted by molar-refractivity contribution is -0.142. The Kier molecular flexibility index (Phi) is 6.96. The highest BCUT2D eigenvalue weighted by Crippen LogP contribution is 2.14. The van der Waals surface area contributed by atoms with E-state index in [-0.39, 0.29) is 30.3 Å². The van der Waals surface area contributed by atoms with Crippen LogP contribution >= 0.6 is 0 Å². The average Bonchev–Trinajstić information content (AvgIpc) is 3.16. The van der Waals surface area contributed by atoms with Crippen LogP contribution in [0.4, 0.5) is 0 Å². The standard InChI is InChI=1S/C17H27N5O4/c23-16(20-14-3-7-25-8-4-14)10-15-11-26-9-6-22(15)17(24)2-1-5-21-13-18-12-19-21/h12-15H,1-11H2,(H,20,23)/t15-/m0/s1. The third-order valence-corrected chi connectivity index (χ3v) is 4.80. The van der Waals surface area contributed by atoms with E-state index in [4.69, 9.17) is 9.47 Å². The second kappa shape index (κ2) is 9.63. The van der Waals surface area contributed by atoms with Crippen LogP contribution in [-0.2, 0) is 25.6 Å². The Bertz CT molecular complexity index is 574. The number of morpholine rings is 1. The summed E-state index contributed by atoms with van der Waals surface area (Å²) in [5.41, 5.74) is 0. The van der Waals surface area contributed by atoms with Gasteiger partial charge in [-0.1, -0.05) is 0 Å². The molecule has 0 aliphatic carbocycles. The Morgan fingerprint density at radius 1 is 1.19 bits per heavy atom. The van der Waals surface area contributed by atoms with E-state index >= 15 is 0 Å². The number of aryl methyl sites for hydroxylation is 1. The first-order chi connectivity index (χ1) is 12.7. The summed E-state index contributed by atoms with van der Waals surface area (Å²) < 4.78 is 12.5. The average molecular weight is 365 g/mol. The maximum Gasteiger partial charge on any atom is 0.223 e. The molecule has 2 saturated heterocycles. The maximum absolute atomic E-state index is 12.6. The third-order valence-electron chi connectivity index (χ3n) is 4.80. The van der Waals surface area contributed by atoms with Crippen LogP contribution in [0.25, 0.3) is 0 Å². The third kappa shape index (κ3) is 5.50. The number of amides is 2. The highest BCUT2D eigenvalue weighted by molar-refractivity contribution is 5.80. The first-order valence-electron chi connectivity index (χ1n) is 9.29. The van der Waals surface area contributed by atoms with Crippen LogP contribution in [0.2, 0.25) is 0 Å². The Morgan fingerprint density at radius 2 is 2.04 bits per heavy atom. The number of rotatable bonds is 7. The molecule has 9 heteroatoms. The molecule has 1 N–H and O–H groups in total. The van der Waals surface area contributed by atoms with E-state index in [0.717, 1.165) is 12.8 Å². The summed E-state index contributed by atoms with van der Waals surface area (Å²) >= 11 is 0. The van der Waals surface area contributed by atoms with Crippen LogP contribution in [0.15, 0.2) is 12.7 Å². The van der Waals surface area contributed by atoms with Crippen molar-refractivity contribution in [1.82, 2.24) is 25.0 Å². The van der Waals surface area contributed by atoms with Crippen molar-refractivity contribution in [3.8, 4) is 0 Å². The summed E-state index contributed by atoms with van der Waals surface area (Å²) in [5.74, 6) is 0.0464. The van der Waals surface area contributed by atoms with Gasteiger partial charge in [0.2, 0.25) is 11.8 Å². The van der Waals surface area contributed by atoms with Gasteiger partial charge < -0.3 is 19.7 Å². The van der Waals surface area contributed by atoms with Gasteiger partial charge in [0.05, 0.1) is 19.3 Å². The zero-order valence-electron chi connectivity index (χ0n) is 15.0. The second-order valence-electron chi connectivity index (χ2n) is 6.74. The molecule has 3 rings (SSSR count). The number of carbonyl (C=O) groups excluding carboxylic acids is 2. The molecule has 0 spiro atoms. The Morgan fingerprint density at radius 3 is 2.81 bits per heavy atom. The number of aromatic nitrogens is 3. The van der Waals surface area contributed by atoms with Crippen LogP contribution in [0.5, 0.6) is 0 Å². The van der Waals surface area contributed by atoms with Crippen LogP contribution < -0.4 is 5.32 Å². The van der Waals surface area contributed by atoms with Gasteiger partial charge in [0.25, 0.3) is 0 Å². The molecule has 0 unspecified atom stereocenters. The predicted octanol–water partition coefficient (Wildman–Crippen LogP) is -0.0290. The van der Waals surface area contributed by atoms with E-state index in [2.05, 4.69) is 15.4 Å². The molecule has 1 aromatic rings. The van der Waals surface area contributed by atoms with Gasteiger partial charge in [-0.3, -0.25) is 14.3 Å². The summed E-state index contributed by atoms with van der Waals surface area (Å²) in [7, 11) is 0. The molecule has 1 atom stereocenters. The van der Waals surface area contributed by atoms with Crippen LogP contribution in [0.1, 0.15) is 32.1 Å². The van der Waals surface area contributed by atoms with E-state index < -0.39 is 0 Å². The SMILES string of the molecule is O=C(C[C@H]1COCCN1C(=O)CCCn1cncn1)NC1CCOCC1. The topological polar surface area (TPSA) is 98.6 Å². The monoisotopic (exact) mass is 365 g/mol. The van der Waals surface area contributed by atoms with E-state index in [1.807, 2.05) is 0 Å². The van der Waals surface area contributed by atoms with Gasteiger partial charge in [-0.25, -0.2) is 4.98 Å². The van der Waals surface area contributed by atoms with Crippen LogP contribution in [-0.4, -0.2) is 76.5 Å². The number of nitrogens with zero attached hydrogens (tertiary/aromatic N) is 4. The van der Waals surface area contributed by atoms with Crippen molar-refractivity contribution in [1.29, 1.82) is 0 Å². The lowest BCUT2D eigenvalue weighted by Crippen LogP contribution is -2.51. The molecule has 9 nitrogen and oxygen atoms in total. The number of hydrogen-bond donors (Lipinski definition) is 1. The quantitative estimate of drug-likeness (QED) is 0.729. The minimum Gasteiger partial charge on any atom is -0.381 e. The Labute approximate surface area is 153 Å². The lowest BCUT2D eigenvalue weighted by atomic mass is 10.1. The summed E-state index contributed by atoms with van der Waals surface area (Å²) in [4.78, 5) is 30.6. The second-order valence-corrected chi connectivity index (χ2v) is 6.74. The molecule has 0 radical (unpaired) electrons. The summed E-state index contributed by atoms with van der Waals surface area (Å²) in [5, 5.41) is 7.09. The Balaban J connectivity index is 1.45. The van der Waals surface area contributed by atoms with E-state index in [0.29, 0.717) is 52.4 Å². The van der Waals surface area contributed by atoms with Gasteiger partial charge >= 0.3 is 0 Å². The molecular formula is C17H27N5O4. The van der Waals surface area contributed by atoms with E-state index in [9.17, 15) is 9.59 Å². The highest BCUT2D eigenvalue weighted by Gasteiger charge is 2.29. The van der Waals surface area contributed by atoms with Crippen molar-refractivity contribution < 1.29 is 19.1 Å². The summed E-state index contributed by atoms with van der Waals surface area (Å²) in [6, 6.07) is -0.0185. The number of hydrogen-bond acceptors (Lipinski definition) is 6. The predicted molar refractivity (Wildman–Crippen MR) is 92.2 cm³/mol.